The van der Waals surface area contributed by atoms with Crippen LogP contribution in [0.15, 0.2) is 24.3 Å². The van der Waals surface area contributed by atoms with Crippen molar-refractivity contribution < 1.29 is 9.53 Å². The van der Waals surface area contributed by atoms with Gasteiger partial charge in [0.05, 0.1) is 12.3 Å². The predicted octanol–water partition coefficient (Wildman–Crippen LogP) is 2.05. The summed E-state index contributed by atoms with van der Waals surface area (Å²) >= 11 is 0. The number of benzene rings is 1. The summed E-state index contributed by atoms with van der Waals surface area (Å²) in [5.41, 5.74) is 0.669. The molecule has 0 bridgehead atoms. The monoisotopic (exact) mass is 203 g/mol. The van der Waals surface area contributed by atoms with Gasteiger partial charge in [0.25, 0.3) is 0 Å². The van der Waals surface area contributed by atoms with Crippen LogP contribution >= 0.6 is 0 Å². The van der Waals surface area contributed by atoms with E-state index in [1.165, 1.54) is 6.92 Å². The standard InChI is InChI=1S/C12H13NO2/c1-3-4-9-15-12-8-6-5-7-11(12)13-10(2)14/h1,5-8H,4,9H2,2H3,(H,13,14). The third-order valence-electron chi connectivity index (χ3n) is 1.70. The summed E-state index contributed by atoms with van der Waals surface area (Å²) in [6.45, 7) is 1.91. The van der Waals surface area contributed by atoms with Crippen LogP contribution in [0.1, 0.15) is 13.3 Å². The second-order valence-electron chi connectivity index (χ2n) is 2.98. The highest BCUT2D eigenvalue weighted by molar-refractivity contribution is 5.90. The molecule has 0 aliphatic carbocycles. The van der Waals surface area contributed by atoms with Crippen molar-refractivity contribution >= 4 is 11.6 Å². The van der Waals surface area contributed by atoms with Gasteiger partial charge in [0.1, 0.15) is 5.75 Å². The Bertz CT molecular complexity index is 379. The zero-order valence-electron chi connectivity index (χ0n) is 8.62. The lowest BCUT2D eigenvalue weighted by Gasteiger charge is -2.10. The molecule has 0 saturated heterocycles. The first-order chi connectivity index (χ1) is 7.24. The largest absolute Gasteiger partial charge is 0.490 e. The lowest BCUT2D eigenvalue weighted by atomic mass is 10.3. The van der Waals surface area contributed by atoms with Crippen LogP contribution in [0.4, 0.5) is 5.69 Å². The van der Waals surface area contributed by atoms with Gasteiger partial charge in [-0.15, -0.1) is 12.3 Å². The fraction of sp³-hybridized carbons (Fsp3) is 0.250. The quantitative estimate of drug-likeness (QED) is 0.600. The zero-order chi connectivity index (χ0) is 11.1. The molecule has 0 aliphatic rings. The first-order valence-corrected chi connectivity index (χ1v) is 4.67. The summed E-state index contributed by atoms with van der Waals surface area (Å²) < 4.78 is 5.42. The van der Waals surface area contributed by atoms with Crippen molar-refractivity contribution in [1.82, 2.24) is 0 Å². The van der Waals surface area contributed by atoms with E-state index in [4.69, 9.17) is 11.2 Å². The number of ether oxygens (including phenoxy) is 1. The zero-order valence-corrected chi connectivity index (χ0v) is 8.62. The number of rotatable bonds is 4. The lowest BCUT2D eigenvalue weighted by molar-refractivity contribution is -0.114. The summed E-state index contributed by atoms with van der Waals surface area (Å²) in [7, 11) is 0. The lowest BCUT2D eigenvalue weighted by Crippen LogP contribution is -2.08. The number of hydrogen-bond donors (Lipinski definition) is 1. The summed E-state index contributed by atoms with van der Waals surface area (Å²) in [5, 5.41) is 2.68. The number of nitrogens with one attached hydrogen (secondary N) is 1. The maximum atomic E-state index is 10.9. The Hall–Kier alpha value is -1.95. The Morgan fingerprint density at radius 3 is 2.93 bits per heavy atom. The molecule has 0 aliphatic heterocycles. The molecule has 0 radical (unpaired) electrons. The number of amides is 1. The summed E-state index contributed by atoms with van der Waals surface area (Å²) in [6.07, 6.45) is 5.66. The average Bonchev–Trinajstić information content (AvgIpc) is 2.20. The second kappa shape index (κ2) is 5.71. The van der Waals surface area contributed by atoms with Crippen LogP contribution in [0, 0.1) is 12.3 Å². The molecule has 3 nitrogen and oxygen atoms in total. The van der Waals surface area contributed by atoms with Crippen molar-refractivity contribution in [2.24, 2.45) is 0 Å². The van der Waals surface area contributed by atoms with E-state index in [-0.39, 0.29) is 5.91 Å². The minimum atomic E-state index is -0.122. The smallest absolute Gasteiger partial charge is 0.221 e. The minimum Gasteiger partial charge on any atom is -0.490 e. The predicted molar refractivity (Wildman–Crippen MR) is 59.7 cm³/mol. The van der Waals surface area contributed by atoms with E-state index in [1.807, 2.05) is 12.1 Å². The molecular formula is C12H13NO2. The van der Waals surface area contributed by atoms with E-state index in [0.29, 0.717) is 24.5 Å². The van der Waals surface area contributed by atoms with Crippen LogP contribution in [0.2, 0.25) is 0 Å². The van der Waals surface area contributed by atoms with Crippen LogP contribution in [0.5, 0.6) is 5.75 Å². The number of anilines is 1. The highest BCUT2D eigenvalue weighted by Gasteiger charge is 2.03. The third kappa shape index (κ3) is 3.74. The highest BCUT2D eigenvalue weighted by Crippen LogP contribution is 2.23. The van der Waals surface area contributed by atoms with E-state index in [9.17, 15) is 4.79 Å². The molecule has 1 rings (SSSR count). The van der Waals surface area contributed by atoms with Gasteiger partial charge < -0.3 is 10.1 Å². The normalized spacial score (nSPS) is 9.07. The molecule has 1 amide bonds. The van der Waals surface area contributed by atoms with Gasteiger partial charge in [-0.1, -0.05) is 12.1 Å². The van der Waals surface area contributed by atoms with Gasteiger partial charge >= 0.3 is 0 Å². The summed E-state index contributed by atoms with van der Waals surface area (Å²) in [5.74, 6) is 3.01. The Morgan fingerprint density at radius 1 is 1.53 bits per heavy atom. The van der Waals surface area contributed by atoms with Crippen molar-refractivity contribution in [2.45, 2.75) is 13.3 Å². The molecule has 0 saturated carbocycles. The maximum absolute atomic E-state index is 10.9. The van der Waals surface area contributed by atoms with Crippen LogP contribution < -0.4 is 10.1 Å². The van der Waals surface area contributed by atoms with Crippen molar-refractivity contribution in [2.75, 3.05) is 11.9 Å². The number of carbonyl (C=O) groups excluding carboxylic acids is 1. The molecule has 0 unspecified atom stereocenters. The van der Waals surface area contributed by atoms with E-state index < -0.39 is 0 Å². The molecule has 1 N–H and O–H groups in total. The fourth-order valence-electron chi connectivity index (χ4n) is 1.11. The average molecular weight is 203 g/mol. The first kappa shape index (κ1) is 11.1. The second-order valence-corrected chi connectivity index (χ2v) is 2.98. The van der Waals surface area contributed by atoms with E-state index in [0.717, 1.165) is 0 Å². The van der Waals surface area contributed by atoms with E-state index >= 15 is 0 Å². The highest BCUT2D eigenvalue weighted by atomic mass is 16.5. The topological polar surface area (TPSA) is 38.3 Å². The SMILES string of the molecule is C#CCCOc1ccccc1NC(C)=O. The number of hydrogen-bond acceptors (Lipinski definition) is 2. The number of carbonyl (C=O) groups is 1. The van der Waals surface area contributed by atoms with Gasteiger partial charge in [-0.2, -0.15) is 0 Å². The molecule has 0 atom stereocenters. The van der Waals surface area contributed by atoms with E-state index in [1.54, 1.807) is 12.1 Å². The molecule has 78 valence electrons. The van der Waals surface area contributed by atoms with Crippen LogP contribution in [0.3, 0.4) is 0 Å². The molecule has 1 aromatic rings. The van der Waals surface area contributed by atoms with Gasteiger partial charge in [0.2, 0.25) is 5.91 Å². The van der Waals surface area contributed by atoms with Crippen LogP contribution in [-0.2, 0) is 4.79 Å². The molecule has 0 aromatic heterocycles. The molecule has 0 spiro atoms. The molecule has 15 heavy (non-hydrogen) atoms. The Balaban J connectivity index is 2.69. The summed E-state index contributed by atoms with van der Waals surface area (Å²) in [4.78, 5) is 10.9. The van der Waals surface area contributed by atoms with Gasteiger partial charge in [0.15, 0.2) is 0 Å². The number of para-hydroxylation sites is 2. The third-order valence-corrected chi connectivity index (χ3v) is 1.70. The van der Waals surface area contributed by atoms with Gasteiger partial charge in [-0.3, -0.25) is 4.79 Å². The molecule has 0 fully saturated rings. The molecular weight excluding hydrogens is 190 g/mol. The molecule has 3 heteroatoms. The van der Waals surface area contributed by atoms with Crippen molar-refractivity contribution in [3.63, 3.8) is 0 Å². The van der Waals surface area contributed by atoms with Crippen LogP contribution in [-0.4, -0.2) is 12.5 Å². The van der Waals surface area contributed by atoms with Gasteiger partial charge in [-0.25, -0.2) is 0 Å². The van der Waals surface area contributed by atoms with Gasteiger partial charge in [-0.05, 0) is 12.1 Å². The summed E-state index contributed by atoms with van der Waals surface area (Å²) in [6, 6.07) is 7.25. The van der Waals surface area contributed by atoms with Crippen molar-refractivity contribution in [1.29, 1.82) is 0 Å². The Morgan fingerprint density at radius 2 is 2.27 bits per heavy atom. The Kier molecular flexibility index (Phi) is 4.24. The van der Waals surface area contributed by atoms with Crippen molar-refractivity contribution in [3.8, 4) is 18.1 Å². The fourth-order valence-corrected chi connectivity index (χ4v) is 1.11. The minimum absolute atomic E-state index is 0.122. The number of terminal acetylenes is 1. The van der Waals surface area contributed by atoms with Crippen LogP contribution in [0.25, 0.3) is 0 Å². The maximum Gasteiger partial charge on any atom is 0.221 e. The van der Waals surface area contributed by atoms with E-state index in [2.05, 4.69) is 11.2 Å². The van der Waals surface area contributed by atoms with Gasteiger partial charge in [0, 0.05) is 13.3 Å². The Labute approximate surface area is 89.4 Å². The van der Waals surface area contributed by atoms with Crippen molar-refractivity contribution in [3.05, 3.63) is 24.3 Å². The molecule has 1 aromatic carbocycles. The first-order valence-electron chi connectivity index (χ1n) is 4.67. The molecule has 0 heterocycles.